The predicted molar refractivity (Wildman–Crippen MR) is 137 cm³/mol. The average molecular weight is 506 g/mol. The number of hydrogen-bond acceptors (Lipinski definition) is 7. The van der Waals surface area contributed by atoms with E-state index < -0.39 is 12.0 Å². The Bertz CT molecular complexity index is 1570. The number of thiazole rings is 1. The number of rotatable bonds is 5. The maximum atomic E-state index is 14.0. The minimum atomic E-state index is -0.678. The lowest BCUT2D eigenvalue weighted by Crippen LogP contribution is -2.40. The number of carbonyl (C=O) groups excluding carboxylic acids is 2. The van der Waals surface area contributed by atoms with Crippen LogP contribution in [0.1, 0.15) is 37.3 Å². The molecule has 2 aromatic heterocycles. The summed E-state index contributed by atoms with van der Waals surface area (Å²) in [5.41, 5.74) is 2.27. The van der Waals surface area contributed by atoms with E-state index in [0.717, 1.165) is 10.6 Å². The monoisotopic (exact) mass is 505 g/mol. The van der Waals surface area contributed by atoms with Crippen molar-refractivity contribution in [3.8, 4) is 0 Å². The summed E-state index contributed by atoms with van der Waals surface area (Å²) in [6.07, 6.45) is 1.34. The van der Waals surface area contributed by atoms with E-state index in [0.29, 0.717) is 38.3 Å². The van der Waals surface area contributed by atoms with Gasteiger partial charge < -0.3 is 9.64 Å². The summed E-state index contributed by atoms with van der Waals surface area (Å²) in [5, 5.41) is 1.90. The third kappa shape index (κ3) is 3.71. The summed E-state index contributed by atoms with van der Waals surface area (Å²) in [6, 6.07) is 10.5. The van der Waals surface area contributed by atoms with Gasteiger partial charge in [-0.15, -0.1) is 17.9 Å². The summed E-state index contributed by atoms with van der Waals surface area (Å²) in [6.45, 7) is 9.41. The molecule has 3 aromatic rings. The Morgan fingerprint density at radius 1 is 1.23 bits per heavy atom. The summed E-state index contributed by atoms with van der Waals surface area (Å²) in [4.78, 5) is 48.0. The molecule has 0 N–H and O–H groups in total. The van der Waals surface area contributed by atoms with Gasteiger partial charge in [0.2, 0.25) is 0 Å². The Hall–Kier alpha value is -3.56. The Morgan fingerprint density at radius 3 is 2.69 bits per heavy atom. The van der Waals surface area contributed by atoms with Gasteiger partial charge in [-0.25, -0.2) is 9.79 Å². The van der Waals surface area contributed by atoms with Crippen molar-refractivity contribution in [1.29, 1.82) is 0 Å². The van der Waals surface area contributed by atoms with Gasteiger partial charge in [0, 0.05) is 17.0 Å². The van der Waals surface area contributed by atoms with Gasteiger partial charge in [-0.05, 0) is 38.3 Å². The summed E-state index contributed by atoms with van der Waals surface area (Å²) >= 11 is 2.62. The normalized spacial score (nSPS) is 18.5. The van der Waals surface area contributed by atoms with Gasteiger partial charge in [-0.3, -0.25) is 14.2 Å². The molecule has 2 aliphatic rings. The van der Waals surface area contributed by atoms with E-state index in [4.69, 9.17) is 4.74 Å². The van der Waals surface area contributed by atoms with Gasteiger partial charge in [0.1, 0.15) is 10.6 Å². The molecule has 7 nitrogen and oxygen atoms in total. The number of allylic oxidation sites excluding steroid dienone is 1. The van der Waals surface area contributed by atoms with Crippen LogP contribution in [0.2, 0.25) is 0 Å². The van der Waals surface area contributed by atoms with E-state index in [1.54, 1.807) is 31.7 Å². The lowest BCUT2D eigenvalue weighted by Gasteiger charge is -2.24. The van der Waals surface area contributed by atoms with E-state index in [9.17, 15) is 14.4 Å². The second kappa shape index (κ2) is 8.90. The molecule has 1 atom stereocenters. The average Bonchev–Trinajstić information content (AvgIpc) is 3.51. The highest BCUT2D eigenvalue weighted by Gasteiger charge is 2.37. The van der Waals surface area contributed by atoms with Crippen LogP contribution < -0.4 is 19.8 Å². The number of fused-ring (bicyclic) bond motifs is 2. The van der Waals surface area contributed by atoms with E-state index in [1.165, 1.54) is 27.2 Å². The Labute approximate surface area is 209 Å². The Morgan fingerprint density at radius 2 is 2.00 bits per heavy atom. The molecule has 0 spiro atoms. The number of thiophene rings is 1. The third-order valence-electron chi connectivity index (χ3n) is 5.83. The van der Waals surface area contributed by atoms with E-state index >= 15 is 0 Å². The predicted octanol–water partition coefficient (Wildman–Crippen LogP) is 3.15. The quantitative estimate of drug-likeness (QED) is 0.394. The van der Waals surface area contributed by atoms with Crippen molar-refractivity contribution in [3.05, 3.63) is 95.8 Å². The number of carbonyl (C=O) groups is 2. The van der Waals surface area contributed by atoms with Crippen LogP contribution in [0.5, 0.6) is 0 Å². The van der Waals surface area contributed by atoms with Crippen LogP contribution in [-0.2, 0) is 14.3 Å². The van der Waals surface area contributed by atoms with Crippen LogP contribution in [0, 0.1) is 0 Å². The zero-order valence-corrected chi connectivity index (χ0v) is 21.1. The molecule has 0 aliphatic carbocycles. The smallest absolute Gasteiger partial charge is 0.338 e. The topological polar surface area (TPSA) is 81.0 Å². The summed E-state index contributed by atoms with van der Waals surface area (Å²) in [5.74, 6) is -0.753. The highest BCUT2D eigenvalue weighted by atomic mass is 32.1. The minimum absolute atomic E-state index is 0.251. The first-order chi connectivity index (χ1) is 16.8. The van der Waals surface area contributed by atoms with Crippen molar-refractivity contribution in [2.75, 3.05) is 11.4 Å². The maximum absolute atomic E-state index is 14.0. The Balaban J connectivity index is 1.79. The zero-order valence-electron chi connectivity index (χ0n) is 19.5. The van der Waals surface area contributed by atoms with E-state index in [1.807, 2.05) is 41.8 Å². The molecule has 5 rings (SSSR count). The molecule has 9 heteroatoms. The highest BCUT2D eigenvalue weighted by molar-refractivity contribution is 7.10. The first-order valence-electron chi connectivity index (χ1n) is 11.1. The van der Waals surface area contributed by atoms with Crippen molar-refractivity contribution in [1.82, 2.24) is 4.57 Å². The molecule has 0 bridgehead atoms. The molecule has 178 valence electrons. The second-order valence-electron chi connectivity index (χ2n) is 8.47. The van der Waals surface area contributed by atoms with Crippen molar-refractivity contribution in [2.45, 2.75) is 32.9 Å². The lowest BCUT2D eigenvalue weighted by atomic mass is 10.0. The number of para-hydroxylation sites is 1. The van der Waals surface area contributed by atoms with Gasteiger partial charge in [-0.2, -0.15) is 0 Å². The fourth-order valence-corrected chi connectivity index (χ4v) is 6.40. The fourth-order valence-electron chi connectivity index (χ4n) is 4.44. The summed E-state index contributed by atoms with van der Waals surface area (Å²) < 4.78 is 7.34. The number of ether oxygens (including phenoxy) is 1. The number of anilines is 1. The number of aromatic nitrogens is 1. The molecule has 1 amide bonds. The number of amides is 1. The molecule has 0 unspecified atom stereocenters. The van der Waals surface area contributed by atoms with Crippen LogP contribution >= 0.6 is 22.7 Å². The maximum Gasteiger partial charge on any atom is 0.338 e. The van der Waals surface area contributed by atoms with Gasteiger partial charge >= 0.3 is 5.97 Å². The van der Waals surface area contributed by atoms with E-state index in [-0.39, 0.29) is 17.6 Å². The first kappa shape index (κ1) is 23.2. The van der Waals surface area contributed by atoms with Gasteiger partial charge in [-0.1, -0.05) is 41.7 Å². The lowest BCUT2D eigenvalue weighted by molar-refractivity contribution is -0.143. The Kier molecular flexibility index (Phi) is 5.90. The molecule has 4 heterocycles. The van der Waals surface area contributed by atoms with Gasteiger partial charge in [0.05, 0.1) is 28.6 Å². The molecule has 2 aliphatic heterocycles. The third-order valence-corrected chi connectivity index (χ3v) is 7.81. The van der Waals surface area contributed by atoms with E-state index in [2.05, 4.69) is 11.6 Å². The molecule has 1 aromatic carbocycles. The van der Waals surface area contributed by atoms with Crippen molar-refractivity contribution in [3.63, 3.8) is 0 Å². The van der Waals surface area contributed by atoms with Crippen LogP contribution in [0.25, 0.3) is 5.57 Å². The standard InChI is InChI=1S/C26H23N3O4S2/c1-5-12-28-17-10-7-6-9-16(17)20(23(28)30)22-24(31)29-21(18-11-8-13-34-18)19(25(32)33-14(2)3)15(4)27-26(29)35-22/h5-11,13-14,21H,1,12H2,2-4H3/b22-20-/t21-/m0/s1. The van der Waals surface area contributed by atoms with Crippen LogP contribution in [0.15, 0.2) is 75.5 Å². The van der Waals surface area contributed by atoms with Crippen molar-refractivity contribution >= 4 is 45.8 Å². The minimum Gasteiger partial charge on any atom is -0.459 e. The van der Waals surface area contributed by atoms with Crippen molar-refractivity contribution in [2.24, 2.45) is 4.99 Å². The van der Waals surface area contributed by atoms with Crippen LogP contribution in [0.4, 0.5) is 5.69 Å². The SMILES string of the molecule is C=CCN1C(=O)/C(=c2\sc3n(c2=O)[C@@H](c2cccs2)C(C(=O)OC(C)C)=C(C)N=3)c2ccccc21. The van der Waals surface area contributed by atoms with Crippen molar-refractivity contribution < 1.29 is 14.3 Å². The number of benzene rings is 1. The molecule has 0 saturated heterocycles. The molecule has 0 fully saturated rings. The molecule has 0 saturated carbocycles. The molecule has 0 radical (unpaired) electrons. The molecular weight excluding hydrogens is 482 g/mol. The molecule has 35 heavy (non-hydrogen) atoms. The number of hydrogen-bond donors (Lipinski definition) is 0. The van der Waals surface area contributed by atoms with Gasteiger partial charge in [0.15, 0.2) is 4.80 Å². The zero-order chi connectivity index (χ0) is 24.9. The number of nitrogens with zero attached hydrogens (tertiary/aromatic N) is 3. The molecular formula is C26H23N3O4S2. The first-order valence-corrected chi connectivity index (χ1v) is 12.8. The van der Waals surface area contributed by atoms with Crippen LogP contribution in [-0.4, -0.2) is 29.1 Å². The fraction of sp³-hybridized carbons (Fsp3) is 0.231. The summed E-state index contributed by atoms with van der Waals surface area (Å²) in [7, 11) is 0. The van der Waals surface area contributed by atoms with Crippen LogP contribution in [0.3, 0.4) is 0 Å². The highest BCUT2D eigenvalue weighted by Crippen LogP contribution is 2.36. The second-order valence-corrected chi connectivity index (χ2v) is 10.4. The largest absolute Gasteiger partial charge is 0.459 e. The number of esters is 1. The van der Waals surface area contributed by atoms with Gasteiger partial charge in [0.25, 0.3) is 11.5 Å².